The summed E-state index contributed by atoms with van der Waals surface area (Å²) in [5.74, 6) is 0. The van der Waals surface area contributed by atoms with E-state index in [2.05, 4.69) is 73.7 Å². The molecule has 2 aromatic heterocycles. The first-order chi connectivity index (χ1) is 12.7. The Kier molecular flexibility index (Phi) is 3.26. The maximum absolute atomic E-state index is 2.44. The first kappa shape index (κ1) is 15.2. The Bertz CT molecular complexity index is 1320. The van der Waals surface area contributed by atoms with Crippen molar-refractivity contribution in [3.8, 4) is 0 Å². The Morgan fingerprint density at radius 2 is 1.50 bits per heavy atom. The van der Waals surface area contributed by atoms with E-state index in [0.29, 0.717) is 0 Å². The molecule has 0 saturated heterocycles. The topological polar surface area (TPSA) is 0 Å². The van der Waals surface area contributed by atoms with Gasteiger partial charge in [-0.05, 0) is 0 Å². The molecule has 0 fully saturated rings. The van der Waals surface area contributed by atoms with E-state index in [0.717, 1.165) is 6.42 Å². The van der Waals surface area contributed by atoms with Gasteiger partial charge >= 0.3 is 166 Å². The Balaban J connectivity index is 1.61. The van der Waals surface area contributed by atoms with E-state index in [4.69, 9.17) is 0 Å². The molecule has 124 valence electrons. The van der Waals surface area contributed by atoms with Gasteiger partial charge in [-0.15, -0.1) is 0 Å². The predicted molar refractivity (Wildman–Crippen MR) is 118 cm³/mol. The number of rotatable bonds is 1. The zero-order valence-corrected chi connectivity index (χ0v) is 17.5. The predicted octanol–water partition coefficient (Wildman–Crippen LogP) is 7.07. The van der Waals surface area contributed by atoms with E-state index in [1.807, 2.05) is 11.3 Å². The van der Waals surface area contributed by atoms with Gasteiger partial charge in [0.25, 0.3) is 0 Å². The van der Waals surface area contributed by atoms with Gasteiger partial charge in [-0.2, -0.15) is 0 Å². The van der Waals surface area contributed by atoms with Crippen molar-refractivity contribution < 1.29 is 0 Å². The molecule has 26 heavy (non-hydrogen) atoms. The van der Waals surface area contributed by atoms with Crippen LogP contribution in [0.25, 0.3) is 46.0 Å². The fourth-order valence-electron chi connectivity index (χ4n) is 4.00. The van der Waals surface area contributed by atoms with Gasteiger partial charge in [0.2, 0.25) is 0 Å². The summed E-state index contributed by atoms with van der Waals surface area (Å²) in [4.78, 5) is 1.41. The van der Waals surface area contributed by atoms with Crippen LogP contribution < -0.4 is 0 Å². The molecule has 0 unspecified atom stereocenters. The SMILES string of the molecule is Cc1cc2cc3cc4cc5cc(C6=CC=CC6)sc5cc4cc3cc2[te]1. The first-order valence-electron chi connectivity index (χ1n) is 8.90. The molecule has 0 N–H and O–H groups in total. The van der Waals surface area contributed by atoms with Gasteiger partial charge in [0.05, 0.1) is 0 Å². The zero-order chi connectivity index (χ0) is 17.3. The van der Waals surface area contributed by atoms with Gasteiger partial charge in [0.1, 0.15) is 0 Å². The Morgan fingerprint density at radius 1 is 0.769 bits per heavy atom. The molecule has 6 rings (SSSR count). The van der Waals surface area contributed by atoms with Crippen molar-refractivity contribution >= 4 is 77.8 Å². The summed E-state index contributed by atoms with van der Waals surface area (Å²) in [5.41, 5.74) is 1.45. The maximum atomic E-state index is 2.44. The Morgan fingerprint density at radius 3 is 2.31 bits per heavy atom. The van der Waals surface area contributed by atoms with Gasteiger partial charge in [0, 0.05) is 0 Å². The zero-order valence-electron chi connectivity index (χ0n) is 14.4. The summed E-state index contributed by atoms with van der Waals surface area (Å²) in [6.07, 6.45) is 7.72. The van der Waals surface area contributed by atoms with Gasteiger partial charge in [0.15, 0.2) is 0 Å². The molecule has 1 aliphatic rings. The third kappa shape index (κ3) is 2.33. The molecular formula is C24H16STe. The average Bonchev–Trinajstić information content (AvgIpc) is 3.33. The van der Waals surface area contributed by atoms with Crippen LogP contribution in [0.4, 0.5) is 0 Å². The van der Waals surface area contributed by atoms with Crippen LogP contribution in [0.5, 0.6) is 0 Å². The van der Waals surface area contributed by atoms with Crippen molar-refractivity contribution in [2.24, 2.45) is 0 Å². The minimum absolute atomic E-state index is 0.128. The number of fused-ring (bicyclic) bond motifs is 4. The minimum atomic E-state index is -0.128. The van der Waals surface area contributed by atoms with Crippen LogP contribution in [0, 0.1) is 6.92 Å². The van der Waals surface area contributed by atoms with Crippen LogP contribution in [-0.2, 0) is 0 Å². The monoisotopic (exact) mass is 466 g/mol. The molecule has 0 nitrogen and oxygen atoms in total. The molecule has 0 spiro atoms. The van der Waals surface area contributed by atoms with Crippen molar-refractivity contribution in [1.29, 1.82) is 0 Å². The molecule has 3 aromatic carbocycles. The van der Waals surface area contributed by atoms with Crippen LogP contribution in [0.3, 0.4) is 0 Å². The summed E-state index contributed by atoms with van der Waals surface area (Å²) in [6, 6.07) is 19.1. The summed E-state index contributed by atoms with van der Waals surface area (Å²) < 4.78 is 4.58. The molecule has 0 saturated carbocycles. The fraction of sp³-hybridized carbons (Fsp3) is 0.0833. The summed E-state index contributed by atoms with van der Waals surface area (Å²) in [6.45, 7) is 2.28. The number of hydrogen-bond acceptors (Lipinski definition) is 1. The van der Waals surface area contributed by atoms with Crippen LogP contribution in [0.15, 0.2) is 66.8 Å². The Hall–Kier alpha value is -1.85. The van der Waals surface area contributed by atoms with Crippen molar-refractivity contribution in [1.82, 2.24) is 0 Å². The second-order valence-corrected chi connectivity index (χ2v) is 11.9. The fourth-order valence-corrected chi connectivity index (χ4v) is 7.85. The van der Waals surface area contributed by atoms with E-state index in [1.54, 1.807) is 6.98 Å². The number of allylic oxidation sites excluding steroid dienone is 4. The average molecular weight is 464 g/mol. The summed E-state index contributed by atoms with van der Waals surface area (Å²) in [7, 11) is 0. The molecule has 0 amide bonds. The number of hydrogen-bond donors (Lipinski definition) is 0. The van der Waals surface area contributed by atoms with Crippen molar-refractivity contribution in [3.63, 3.8) is 0 Å². The number of aryl methyl sites for hydroxylation is 1. The van der Waals surface area contributed by atoms with Crippen LogP contribution in [-0.4, -0.2) is 20.4 Å². The molecule has 1 aliphatic carbocycles. The second kappa shape index (κ2) is 5.57. The first-order valence-corrected chi connectivity index (χ1v) is 12.0. The molecule has 2 heterocycles. The van der Waals surface area contributed by atoms with Crippen LogP contribution in [0.1, 0.15) is 14.9 Å². The van der Waals surface area contributed by atoms with Gasteiger partial charge in [-0.25, -0.2) is 0 Å². The third-order valence-electron chi connectivity index (χ3n) is 5.28. The third-order valence-corrected chi connectivity index (χ3v) is 9.34. The van der Waals surface area contributed by atoms with Gasteiger partial charge < -0.3 is 0 Å². The second-order valence-electron chi connectivity index (χ2n) is 7.12. The van der Waals surface area contributed by atoms with E-state index >= 15 is 0 Å². The van der Waals surface area contributed by atoms with Crippen LogP contribution >= 0.6 is 11.3 Å². The van der Waals surface area contributed by atoms with E-state index in [9.17, 15) is 0 Å². The molecule has 2 heteroatoms. The molecular weight excluding hydrogens is 448 g/mol. The van der Waals surface area contributed by atoms with E-state index < -0.39 is 0 Å². The summed E-state index contributed by atoms with van der Waals surface area (Å²) in [5, 5.41) is 8.29. The van der Waals surface area contributed by atoms with Crippen molar-refractivity contribution in [3.05, 3.63) is 75.2 Å². The van der Waals surface area contributed by atoms with E-state index in [-0.39, 0.29) is 20.4 Å². The quantitative estimate of drug-likeness (QED) is 0.184. The molecule has 5 aromatic rings. The molecule has 0 bridgehead atoms. The standard InChI is InChI=1S/C24H16STe/c1-14-6-21-10-17-7-16-9-20-12-22(15-4-2-3-5-15)25-23(20)11-18(16)8-19(17)13-24(21)26-14/h2-4,6-13H,5H2,1H3. The molecule has 0 radical (unpaired) electrons. The number of thiophene rings is 1. The van der Waals surface area contributed by atoms with Crippen molar-refractivity contribution in [2.75, 3.05) is 0 Å². The molecule has 0 atom stereocenters. The van der Waals surface area contributed by atoms with Gasteiger partial charge in [-0.1, -0.05) is 0 Å². The molecule has 0 aliphatic heterocycles. The number of benzene rings is 3. The van der Waals surface area contributed by atoms with Gasteiger partial charge in [-0.3, -0.25) is 0 Å². The van der Waals surface area contributed by atoms with Crippen molar-refractivity contribution in [2.45, 2.75) is 13.3 Å². The summed E-state index contributed by atoms with van der Waals surface area (Å²) >= 11 is 1.80. The van der Waals surface area contributed by atoms with Crippen LogP contribution in [0.2, 0.25) is 0 Å². The normalized spacial score (nSPS) is 14.3. The van der Waals surface area contributed by atoms with E-state index in [1.165, 1.54) is 47.5 Å². The Labute approximate surface area is 165 Å².